The van der Waals surface area contributed by atoms with E-state index in [9.17, 15) is 0 Å². The molecule has 4 nitrogen and oxygen atoms in total. The largest absolute Gasteiger partial charge is 0.314 e. The van der Waals surface area contributed by atoms with Crippen LogP contribution in [-0.4, -0.2) is 40.5 Å². The van der Waals surface area contributed by atoms with Gasteiger partial charge in [-0.15, -0.1) is 0 Å². The first-order chi connectivity index (χ1) is 8.74. The fraction of sp³-hybridized carbons (Fsp3) is 0.714. The van der Waals surface area contributed by atoms with E-state index in [1.165, 1.54) is 25.9 Å². The van der Waals surface area contributed by atoms with Gasteiger partial charge in [0.25, 0.3) is 0 Å². The molecule has 0 aromatic carbocycles. The van der Waals surface area contributed by atoms with E-state index >= 15 is 0 Å². The summed E-state index contributed by atoms with van der Waals surface area (Å²) in [6.07, 6.45) is 6.11. The smallest absolute Gasteiger partial charge is 0.115 e. The van der Waals surface area contributed by atoms with Crippen LogP contribution >= 0.6 is 0 Å². The van der Waals surface area contributed by atoms with Crippen LogP contribution in [0.15, 0.2) is 18.6 Å². The Bertz CT molecular complexity index is 339. The minimum atomic E-state index is 0.585. The van der Waals surface area contributed by atoms with Gasteiger partial charge in [0.2, 0.25) is 0 Å². The van der Waals surface area contributed by atoms with Crippen LogP contribution in [0.1, 0.15) is 32.4 Å². The third kappa shape index (κ3) is 4.35. The summed E-state index contributed by atoms with van der Waals surface area (Å²) < 4.78 is 0. The number of hydrogen-bond donors (Lipinski definition) is 1. The van der Waals surface area contributed by atoms with Crippen LogP contribution in [0.25, 0.3) is 0 Å². The van der Waals surface area contributed by atoms with Crippen LogP contribution in [0.3, 0.4) is 0 Å². The molecule has 0 aliphatic carbocycles. The summed E-state index contributed by atoms with van der Waals surface area (Å²) in [6, 6.07) is 2.60. The monoisotopic (exact) mass is 248 g/mol. The van der Waals surface area contributed by atoms with E-state index in [-0.39, 0.29) is 0 Å². The molecule has 0 saturated carbocycles. The van der Waals surface area contributed by atoms with E-state index in [0.29, 0.717) is 6.04 Å². The van der Waals surface area contributed by atoms with Gasteiger partial charge in [-0.25, -0.2) is 9.97 Å². The molecule has 1 aliphatic rings. The highest BCUT2D eigenvalue weighted by atomic mass is 15.1. The van der Waals surface area contributed by atoms with Crippen LogP contribution in [0.4, 0.5) is 0 Å². The molecular weight excluding hydrogens is 224 g/mol. The number of nitrogens with one attached hydrogen (secondary N) is 1. The van der Waals surface area contributed by atoms with Crippen LogP contribution in [0.5, 0.6) is 0 Å². The molecule has 4 heteroatoms. The summed E-state index contributed by atoms with van der Waals surface area (Å²) in [5.74, 6) is 0.781. The Hall–Kier alpha value is -1.00. The van der Waals surface area contributed by atoms with Crippen LogP contribution in [-0.2, 0) is 6.54 Å². The third-order valence-corrected chi connectivity index (χ3v) is 3.45. The van der Waals surface area contributed by atoms with Crippen molar-refractivity contribution < 1.29 is 0 Å². The fourth-order valence-electron chi connectivity index (χ4n) is 2.50. The lowest BCUT2D eigenvalue weighted by Crippen LogP contribution is -2.40. The van der Waals surface area contributed by atoms with Crippen molar-refractivity contribution in [1.29, 1.82) is 0 Å². The second-order valence-corrected chi connectivity index (χ2v) is 5.51. The molecule has 1 aliphatic heterocycles. The maximum Gasteiger partial charge on any atom is 0.115 e. The first-order valence-electron chi connectivity index (χ1n) is 6.94. The lowest BCUT2D eigenvalue weighted by Gasteiger charge is -2.33. The zero-order valence-electron chi connectivity index (χ0n) is 11.5. The van der Waals surface area contributed by atoms with Gasteiger partial charge >= 0.3 is 0 Å². The third-order valence-electron chi connectivity index (χ3n) is 3.45. The lowest BCUT2D eigenvalue weighted by molar-refractivity contribution is 0.162. The average molecular weight is 248 g/mol. The van der Waals surface area contributed by atoms with Crippen molar-refractivity contribution in [3.63, 3.8) is 0 Å². The average Bonchev–Trinajstić information content (AvgIpc) is 2.38. The van der Waals surface area contributed by atoms with E-state index in [0.717, 1.165) is 24.7 Å². The Morgan fingerprint density at radius 2 is 2.39 bits per heavy atom. The summed E-state index contributed by atoms with van der Waals surface area (Å²) in [4.78, 5) is 10.8. The summed E-state index contributed by atoms with van der Waals surface area (Å²) in [7, 11) is 0. The molecule has 1 fully saturated rings. The number of hydrogen-bond acceptors (Lipinski definition) is 4. The van der Waals surface area contributed by atoms with Gasteiger partial charge in [0, 0.05) is 25.3 Å². The van der Waals surface area contributed by atoms with Crippen molar-refractivity contribution in [3.8, 4) is 0 Å². The zero-order valence-corrected chi connectivity index (χ0v) is 11.5. The van der Waals surface area contributed by atoms with E-state index in [4.69, 9.17) is 0 Å². The topological polar surface area (TPSA) is 41.0 Å². The minimum absolute atomic E-state index is 0.585. The Balaban J connectivity index is 1.79. The number of aromatic nitrogens is 2. The molecule has 2 rings (SSSR count). The van der Waals surface area contributed by atoms with Crippen molar-refractivity contribution in [1.82, 2.24) is 20.2 Å². The highest BCUT2D eigenvalue weighted by Gasteiger charge is 2.20. The Labute approximate surface area is 110 Å². The molecule has 0 spiro atoms. The number of nitrogens with zero attached hydrogens (tertiary/aromatic N) is 3. The molecule has 0 bridgehead atoms. The summed E-state index contributed by atoms with van der Waals surface area (Å²) in [6.45, 7) is 8.90. The van der Waals surface area contributed by atoms with Gasteiger partial charge in [-0.1, -0.05) is 13.8 Å². The summed E-state index contributed by atoms with van der Waals surface area (Å²) in [5.41, 5.74) is 1.13. The van der Waals surface area contributed by atoms with E-state index < -0.39 is 0 Å². The fourth-order valence-corrected chi connectivity index (χ4v) is 2.50. The van der Waals surface area contributed by atoms with Gasteiger partial charge < -0.3 is 5.32 Å². The quantitative estimate of drug-likeness (QED) is 0.861. The zero-order chi connectivity index (χ0) is 12.8. The first kappa shape index (κ1) is 13.4. The van der Waals surface area contributed by atoms with Gasteiger partial charge in [-0.05, 0) is 37.9 Å². The molecule has 2 heterocycles. The van der Waals surface area contributed by atoms with Crippen LogP contribution in [0.2, 0.25) is 0 Å². The second-order valence-electron chi connectivity index (χ2n) is 5.51. The summed E-state index contributed by atoms with van der Waals surface area (Å²) in [5, 5.41) is 3.55. The van der Waals surface area contributed by atoms with E-state index in [1.807, 2.05) is 12.3 Å². The number of likely N-dealkylation sites (tertiary alicyclic amines) is 1. The van der Waals surface area contributed by atoms with Gasteiger partial charge in [0.1, 0.15) is 6.33 Å². The molecule has 1 N–H and O–H groups in total. The molecular formula is C14H24N4. The maximum atomic E-state index is 4.30. The SMILES string of the molecule is CC(C)NCC1CCCN(Cc2ccncn2)C1. The molecule has 100 valence electrons. The van der Waals surface area contributed by atoms with Gasteiger partial charge in [0.05, 0.1) is 5.69 Å². The highest BCUT2D eigenvalue weighted by molar-refractivity contribution is 4.98. The Morgan fingerprint density at radius 3 is 3.11 bits per heavy atom. The van der Waals surface area contributed by atoms with Gasteiger partial charge in [-0.3, -0.25) is 4.90 Å². The molecule has 1 atom stereocenters. The lowest BCUT2D eigenvalue weighted by atomic mass is 9.97. The summed E-state index contributed by atoms with van der Waals surface area (Å²) >= 11 is 0. The van der Waals surface area contributed by atoms with Crippen molar-refractivity contribution in [2.24, 2.45) is 5.92 Å². The van der Waals surface area contributed by atoms with Crippen LogP contribution in [0, 0.1) is 5.92 Å². The predicted molar refractivity (Wildman–Crippen MR) is 73.2 cm³/mol. The van der Waals surface area contributed by atoms with Crippen molar-refractivity contribution in [2.45, 2.75) is 39.3 Å². The second kappa shape index (κ2) is 6.81. The molecule has 1 unspecified atom stereocenters. The Kier molecular flexibility index (Phi) is 5.08. The van der Waals surface area contributed by atoms with E-state index in [1.54, 1.807) is 6.33 Å². The van der Waals surface area contributed by atoms with Crippen molar-refractivity contribution in [3.05, 3.63) is 24.3 Å². The number of rotatable bonds is 5. The van der Waals surface area contributed by atoms with Gasteiger partial charge in [-0.2, -0.15) is 0 Å². The van der Waals surface area contributed by atoms with E-state index in [2.05, 4.69) is 34.0 Å². The Morgan fingerprint density at radius 1 is 1.50 bits per heavy atom. The molecule has 1 aromatic rings. The molecule has 18 heavy (non-hydrogen) atoms. The number of piperidine rings is 1. The van der Waals surface area contributed by atoms with Crippen molar-refractivity contribution >= 4 is 0 Å². The normalized spacial score (nSPS) is 21.4. The molecule has 0 radical (unpaired) electrons. The molecule has 1 aromatic heterocycles. The minimum Gasteiger partial charge on any atom is -0.314 e. The van der Waals surface area contributed by atoms with Crippen molar-refractivity contribution in [2.75, 3.05) is 19.6 Å². The molecule has 0 amide bonds. The van der Waals surface area contributed by atoms with Gasteiger partial charge in [0.15, 0.2) is 0 Å². The standard InChI is InChI=1S/C14H24N4/c1-12(2)16-8-13-4-3-7-18(9-13)10-14-5-6-15-11-17-14/h5-6,11-13,16H,3-4,7-10H2,1-2H3. The van der Waals surface area contributed by atoms with Crippen LogP contribution < -0.4 is 5.32 Å². The predicted octanol–water partition coefficient (Wildman–Crippen LogP) is 1.69. The highest BCUT2D eigenvalue weighted by Crippen LogP contribution is 2.17. The maximum absolute atomic E-state index is 4.30. The molecule has 1 saturated heterocycles. The first-order valence-corrected chi connectivity index (χ1v) is 6.94.